The lowest BCUT2D eigenvalue weighted by molar-refractivity contribution is 0.0527. The summed E-state index contributed by atoms with van der Waals surface area (Å²) in [6.07, 6.45) is 6.41. The molecule has 6 nitrogen and oxygen atoms in total. The first kappa shape index (κ1) is 16.2. The second-order valence-corrected chi connectivity index (χ2v) is 5.81. The number of ether oxygens (including phenoxy) is 1. The third-order valence-corrected chi connectivity index (χ3v) is 4.06. The van der Waals surface area contributed by atoms with Crippen molar-refractivity contribution in [2.24, 2.45) is 0 Å². The Morgan fingerprint density at radius 1 is 1.21 bits per heavy atom. The summed E-state index contributed by atoms with van der Waals surface area (Å²) in [5.74, 6) is 1.09. The minimum atomic E-state index is -0.348. The Morgan fingerprint density at radius 2 is 1.96 bits per heavy atom. The van der Waals surface area contributed by atoms with E-state index >= 15 is 0 Å². The molecule has 0 aliphatic heterocycles. The highest BCUT2D eigenvalue weighted by atomic mass is 16.5. The Morgan fingerprint density at radius 3 is 2.75 bits per heavy atom. The number of esters is 1. The van der Waals surface area contributed by atoms with Crippen LogP contribution >= 0.6 is 0 Å². The zero-order valence-corrected chi connectivity index (χ0v) is 13.8. The standard InChI is InChI=1S/C18H22N4O2/c1-2-24-18(23)14-9-5-6-10-15(14)22-17-11-16(19-12-20-17)21-13-7-3-4-8-13/h5-6,9-13H,2-4,7-8H2,1H3,(H2,19,20,21,22). The number of nitrogens with one attached hydrogen (secondary N) is 2. The second kappa shape index (κ2) is 7.77. The maximum absolute atomic E-state index is 12.0. The van der Waals surface area contributed by atoms with Gasteiger partial charge in [-0.25, -0.2) is 14.8 Å². The van der Waals surface area contributed by atoms with Crippen molar-refractivity contribution in [3.05, 3.63) is 42.2 Å². The molecule has 0 radical (unpaired) electrons. The number of anilines is 3. The van der Waals surface area contributed by atoms with Gasteiger partial charge >= 0.3 is 5.97 Å². The van der Waals surface area contributed by atoms with Gasteiger partial charge in [-0.15, -0.1) is 0 Å². The predicted octanol–water partition coefficient (Wildman–Crippen LogP) is 3.75. The number of benzene rings is 1. The molecule has 0 atom stereocenters. The molecule has 2 aromatic rings. The molecule has 126 valence electrons. The van der Waals surface area contributed by atoms with Crippen molar-refractivity contribution >= 4 is 23.3 Å². The van der Waals surface area contributed by atoms with Crippen molar-refractivity contribution < 1.29 is 9.53 Å². The van der Waals surface area contributed by atoms with Gasteiger partial charge < -0.3 is 15.4 Å². The highest BCUT2D eigenvalue weighted by molar-refractivity contribution is 5.96. The lowest BCUT2D eigenvalue weighted by Crippen LogP contribution is -2.15. The van der Waals surface area contributed by atoms with Crippen LogP contribution in [0.2, 0.25) is 0 Å². The SMILES string of the molecule is CCOC(=O)c1ccccc1Nc1cc(NC2CCCC2)ncn1. The average molecular weight is 326 g/mol. The summed E-state index contributed by atoms with van der Waals surface area (Å²) in [6, 6.07) is 9.59. The summed E-state index contributed by atoms with van der Waals surface area (Å²) in [5, 5.41) is 6.63. The van der Waals surface area contributed by atoms with Crippen LogP contribution in [0.1, 0.15) is 43.0 Å². The molecular weight excluding hydrogens is 304 g/mol. The Balaban J connectivity index is 1.75. The van der Waals surface area contributed by atoms with Crippen LogP contribution < -0.4 is 10.6 Å². The van der Waals surface area contributed by atoms with Crippen LogP contribution in [-0.4, -0.2) is 28.6 Å². The molecule has 1 aliphatic rings. The number of hydrogen-bond acceptors (Lipinski definition) is 6. The van der Waals surface area contributed by atoms with Gasteiger partial charge in [-0.3, -0.25) is 0 Å². The molecule has 0 saturated heterocycles. The number of carbonyl (C=O) groups is 1. The molecule has 1 heterocycles. The van der Waals surface area contributed by atoms with E-state index in [-0.39, 0.29) is 5.97 Å². The van der Waals surface area contributed by atoms with Crippen molar-refractivity contribution in [1.29, 1.82) is 0 Å². The Bertz CT molecular complexity index is 699. The molecule has 24 heavy (non-hydrogen) atoms. The first-order valence-electron chi connectivity index (χ1n) is 8.38. The van der Waals surface area contributed by atoms with Crippen LogP contribution in [0.25, 0.3) is 0 Å². The molecule has 1 saturated carbocycles. The van der Waals surface area contributed by atoms with Gasteiger partial charge in [0.1, 0.15) is 18.0 Å². The normalized spacial score (nSPS) is 14.4. The molecule has 3 rings (SSSR count). The number of nitrogens with zero attached hydrogens (tertiary/aromatic N) is 2. The molecule has 6 heteroatoms. The Kier molecular flexibility index (Phi) is 5.25. The van der Waals surface area contributed by atoms with Gasteiger partial charge in [-0.1, -0.05) is 25.0 Å². The highest BCUT2D eigenvalue weighted by Crippen LogP contribution is 2.24. The number of aromatic nitrogens is 2. The molecule has 1 fully saturated rings. The van der Waals surface area contributed by atoms with Crippen LogP contribution in [0.3, 0.4) is 0 Å². The monoisotopic (exact) mass is 326 g/mol. The molecular formula is C18H22N4O2. The molecule has 1 aliphatic carbocycles. The van der Waals surface area contributed by atoms with Gasteiger partial charge in [-0.05, 0) is 31.9 Å². The Labute approximate surface area is 141 Å². The smallest absolute Gasteiger partial charge is 0.340 e. The maximum Gasteiger partial charge on any atom is 0.340 e. The van der Waals surface area contributed by atoms with E-state index in [2.05, 4.69) is 20.6 Å². The van der Waals surface area contributed by atoms with Crippen LogP contribution in [0.15, 0.2) is 36.7 Å². The zero-order valence-electron chi connectivity index (χ0n) is 13.8. The molecule has 1 aromatic heterocycles. The number of para-hydroxylation sites is 1. The fraction of sp³-hybridized carbons (Fsp3) is 0.389. The van der Waals surface area contributed by atoms with Gasteiger partial charge in [0, 0.05) is 12.1 Å². The average Bonchev–Trinajstić information content (AvgIpc) is 3.09. The predicted molar refractivity (Wildman–Crippen MR) is 93.6 cm³/mol. The summed E-state index contributed by atoms with van der Waals surface area (Å²) < 4.78 is 5.09. The molecule has 0 spiro atoms. The maximum atomic E-state index is 12.0. The number of carbonyl (C=O) groups excluding carboxylic acids is 1. The summed E-state index contributed by atoms with van der Waals surface area (Å²) in [4.78, 5) is 20.6. The largest absolute Gasteiger partial charge is 0.462 e. The highest BCUT2D eigenvalue weighted by Gasteiger charge is 2.16. The fourth-order valence-corrected chi connectivity index (χ4v) is 2.90. The van der Waals surface area contributed by atoms with Gasteiger partial charge in [0.05, 0.1) is 17.9 Å². The van der Waals surface area contributed by atoms with E-state index in [0.29, 0.717) is 29.7 Å². The minimum Gasteiger partial charge on any atom is -0.462 e. The van der Waals surface area contributed by atoms with E-state index < -0.39 is 0 Å². The fourth-order valence-electron chi connectivity index (χ4n) is 2.90. The number of rotatable bonds is 6. The van der Waals surface area contributed by atoms with E-state index in [1.807, 2.05) is 24.3 Å². The summed E-state index contributed by atoms with van der Waals surface area (Å²) in [7, 11) is 0. The van der Waals surface area contributed by atoms with Crippen molar-refractivity contribution in [3.8, 4) is 0 Å². The summed E-state index contributed by atoms with van der Waals surface area (Å²) in [6.45, 7) is 2.13. The van der Waals surface area contributed by atoms with Crippen LogP contribution in [0.4, 0.5) is 17.3 Å². The lowest BCUT2D eigenvalue weighted by Gasteiger charge is -2.14. The van der Waals surface area contributed by atoms with Crippen molar-refractivity contribution in [1.82, 2.24) is 9.97 Å². The lowest BCUT2D eigenvalue weighted by atomic mass is 10.2. The van der Waals surface area contributed by atoms with E-state index in [0.717, 1.165) is 5.82 Å². The third kappa shape index (κ3) is 4.01. The topological polar surface area (TPSA) is 76.1 Å². The van der Waals surface area contributed by atoms with Crippen molar-refractivity contribution in [3.63, 3.8) is 0 Å². The minimum absolute atomic E-state index is 0.343. The first-order valence-corrected chi connectivity index (χ1v) is 8.38. The molecule has 0 bridgehead atoms. The van der Waals surface area contributed by atoms with Gasteiger partial charge in [-0.2, -0.15) is 0 Å². The van der Waals surface area contributed by atoms with Crippen molar-refractivity contribution in [2.75, 3.05) is 17.2 Å². The quantitative estimate of drug-likeness (QED) is 0.787. The van der Waals surface area contributed by atoms with E-state index in [4.69, 9.17) is 4.74 Å². The van der Waals surface area contributed by atoms with Crippen LogP contribution in [0.5, 0.6) is 0 Å². The first-order chi connectivity index (χ1) is 11.8. The Hall–Kier alpha value is -2.63. The number of hydrogen-bond donors (Lipinski definition) is 2. The van der Waals surface area contributed by atoms with Gasteiger partial charge in [0.15, 0.2) is 0 Å². The molecule has 0 amide bonds. The van der Waals surface area contributed by atoms with E-state index in [1.165, 1.54) is 32.0 Å². The third-order valence-electron chi connectivity index (χ3n) is 4.06. The van der Waals surface area contributed by atoms with E-state index in [1.54, 1.807) is 13.0 Å². The molecule has 2 N–H and O–H groups in total. The zero-order chi connectivity index (χ0) is 16.8. The van der Waals surface area contributed by atoms with Gasteiger partial charge in [0.2, 0.25) is 0 Å². The van der Waals surface area contributed by atoms with Crippen molar-refractivity contribution in [2.45, 2.75) is 38.6 Å². The second-order valence-electron chi connectivity index (χ2n) is 5.81. The summed E-state index contributed by atoms with van der Waals surface area (Å²) >= 11 is 0. The van der Waals surface area contributed by atoms with Gasteiger partial charge in [0.25, 0.3) is 0 Å². The molecule has 1 aromatic carbocycles. The molecule has 0 unspecified atom stereocenters. The summed E-state index contributed by atoms with van der Waals surface area (Å²) in [5.41, 5.74) is 1.16. The van der Waals surface area contributed by atoms with Crippen LogP contribution in [-0.2, 0) is 4.74 Å². The van der Waals surface area contributed by atoms with Crippen LogP contribution in [0, 0.1) is 0 Å². The van der Waals surface area contributed by atoms with E-state index in [9.17, 15) is 4.79 Å².